The molecule has 0 bridgehead atoms. The lowest BCUT2D eigenvalue weighted by atomic mass is 9.85. The lowest BCUT2D eigenvalue weighted by Crippen LogP contribution is -2.28. The Balaban J connectivity index is 5.11. The van der Waals surface area contributed by atoms with Gasteiger partial charge in [0.05, 0.1) is 0 Å². The minimum absolute atomic E-state index is 0.0333. The maximum atomic E-state index is 12.8. The second kappa shape index (κ2) is 28.5. The zero-order valence-electron chi connectivity index (χ0n) is 27.5. The van der Waals surface area contributed by atoms with E-state index in [4.69, 9.17) is 4.74 Å². The number of carbonyl (C=O) groups is 1. The van der Waals surface area contributed by atoms with E-state index in [2.05, 4.69) is 65.8 Å². The maximum Gasteiger partial charge on any atom is 0.306 e. The highest BCUT2D eigenvalue weighted by Gasteiger charge is 2.25. The van der Waals surface area contributed by atoms with Crippen LogP contribution in [0.2, 0.25) is 0 Å². The predicted octanol–water partition coefficient (Wildman–Crippen LogP) is 12.6. The number of unbranched alkanes of at least 4 members (excludes halogenated alkanes) is 9. The lowest BCUT2D eigenvalue weighted by molar-refractivity contribution is -0.153. The highest BCUT2D eigenvalue weighted by atomic mass is 16.5. The van der Waals surface area contributed by atoms with E-state index < -0.39 is 0 Å². The van der Waals surface area contributed by atoms with Gasteiger partial charge in [0.25, 0.3) is 0 Å². The Hall–Kier alpha value is -1.05. The van der Waals surface area contributed by atoms with Crippen molar-refractivity contribution in [2.24, 2.45) is 17.8 Å². The van der Waals surface area contributed by atoms with E-state index in [9.17, 15) is 4.79 Å². The van der Waals surface area contributed by atoms with Crippen molar-refractivity contribution in [2.45, 2.75) is 189 Å². The molecule has 2 heteroatoms. The molecule has 0 aliphatic heterocycles. The molecule has 3 atom stereocenters. The normalized spacial score (nSPS) is 14.4. The van der Waals surface area contributed by atoms with Gasteiger partial charge in [0.2, 0.25) is 0 Å². The molecule has 0 aliphatic carbocycles. The summed E-state index contributed by atoms with van der Waals surface area (Å²) in [4.78, 5) is 12.8. The van der Waals surface area contributed by atoms with Gasteiger partial charge in [-0.25, -0.2) is 0 Å². The second-order valence-electron chi connectivity index (χ2n) is 12.7. The lowest BCUT2D eigenvalue weighted by Gasteiger charge is -2.28. The Bertz CT molecular complexity index is 550. The van der Waals surface area contributed by atoms with Gasteiger partial charge in [-0.05, 0) is 101 Å². The molecule has 0 aromatic carbocycles. The zero-order chi connectivity index (χ0) is 29.0. The van der Waals surface area contributed by atoms with Crippen molar-refractivity contribution in [1.82, 2.24) is 0 Å². The Morgan fingerprint density at radius 3 is 1.56 bits per heavy atom. The molecule has 0 aliphatic rings. The van der Waals surface area contributed by atoms with Crippen molar-refractivity contribution in [1.29, 1.82) is 0 Å². The Morgan fingerprint density at radius 1 is 0.564 bits per heavy atom. The number of hydrogen-bond donors (Lipinski definition) is 0. The summed E-state index contributed by atoms with van der Waals surface area (Å²) in [5, 5.41) is 0. The average Bonchev–Trinajstić information content (AvgIpc) is 2.91. The number of ether oxygens (including phenoxy) is 1. The number of hydrogen-bond acceptors (Lipinski definition) is 2. The highest BCUT2D eigenvalue weighted by Crippen LogP contribution is 2.29. The zero-order valence-corrected chi connectivity index (χ0v) is 27.5. The van der Waals surface area contributed by atoms with Crippen LogP contribution in [0.5, 0.6) is 0 Å². The molecule has 0 amide bonds. The van der Waals surface area contributed by atoms with Gasteiger partial charge < -0.3 is 4.74 Å². The fourth-order valence-electron chi connectivity index (χ4n) is 5.42. The smallest absolute Gasteiger partial charge is 0.306 e. The Labute approximate surface area is 246 Å². The van der Waals surface area contributed by atoms with Crippen LogP contribution in [0.4, 0.5) is 0 Å². The van der Waals surface area contributed by atoms with E-state index >= 15 is 0 Å². The minimum Gasteiger partial charge on any atom is -0.462 e. The fourth-order valence-corrected chi connectivity index (χ4v) is 5.42. The SMILES string of the molecule is CCCCCC=CCCCC(CCC/C=C\CCCCC)C(CCC(C)CCCC(C)C)OC(=O)CCCC. The second-order valence-corrected chi connectivity index (χ2v) is 12.7. The molecule has 0 heterocycles. The molecule has 0 radical (unpaired) electrons. The fraction of sp³-hybridized carbons (Fsp3) is 0.865. The number of carbonyl (C=O) groups excluding carboxylic acids is 1. The van der Waals surface area contributed by atoms with Gasteiger partial charge in [-0.1, -0.05) is 117 Å². The average molecular weight is 547 g/mol. The molecular weight excluding hydrogens is 476 g/mol. The minimum atomic E-state index is 0.0333. The molecule has 0 aromatic rings. The first-order chi connectivity index (χ1) is 18.9. The standard InChI is InChI=1S/C37H70O2/c1-7-10-13-15-17-19-21-23-28-35(29-24-22-20-18-16-14-11-8-2)36(39-37(38)30-12-9-3)32-31-34(6)27-25-26-33(4)5/h17-20,33-36H,7-16,21-32H2,1-6H3/b19-17-,20-18?. The highest BCUT2D eigenvalue weighted by molar-refractivity contribution is 5.69. The van der Waals surface area contributed by atoms with Gasteiger partial charge >= 0.3 is 5.97 Å². The summed E-state index contributed by atoms with van der Waals surface area (Å²) < 4.78 is 6.28. The van der Waals surface area contributed by atoms with Crippen LogP contribution in [-0.2, 0) is 9.53 Å². The monoisotopic (exact) mass is 547 g/mol. The van der Waals surface area contributed by atoms with Crippen LogP contribution in [0.15, 0.2) is 24.3 Å². The molecule has 0 saturated carbocycles. The van der Waals surface area contributed by atoms with E-state index in [0.29, 0.717) is 18.3 Å². The summed E-state index contributed by atoms with van der Waals surface area (Å²) >= 11 is 0. The van der Waals surface area contributed by atoms with Crippen molar-refractivity contribution in [2.75, 3.05) is 0 Å². The molecule has 2 nitrogen and oxygen atoms in total. The van der Waals surface area contributed by atoms with Crippen LogP contribution in [0, 0.1) is 17.8 Å². The molecule has 230 valence electrons. The van der Waals surface area contributed by atoms with Crippen molar-refractivity contribution in [3.8, 4) is 0 Å². The molecule has 0 N–H and O–H groups in total. The maximum absolute atomic E-state index is 12.8. The largest absolute Gasteiger partial charge is 0.462 e. The van der Waals surface area contributed by atoms with E-state index in [1.54, 1.807) is 0 Å². The molecule has 39 heavy (non-hydrogen) atoms. The first kappa shape index (κ1) is 38.0. The van der Waals surface area contributed by atoms with Crippen LogP contribution in [0.1, 0.15) is 183 Å². The van der Waals surface area contributed by atoms with Gasteiger partial charge in [-0.15, -0.1) is 0 Å². The molecule has 0 spiro atoms. The Morgan fingerprint density at radius 2 is 1.08 bits per heavy atom. The topological polar surface area (TPSA) is 26.3 Å². The number of allylic oxidation sites excluding steroid dienone is 4. The van der Waals surface area contributed by atoms with Crippen LogP contribution >= 0.6 is 0 Å². The summed E-state index contributed by atoms with van der Waals surface area (Å²) in [6.45, 7) is 13.7. The first-order valence-electron chi connectivity index (χ1n) is 17.4. The van der Waals surface area contributed by atoms with Crippen LogP contribution in [0.3, 0.4) is 0 Å². The molecule has 0 aromatic heterocycles. The van der Waals surface area contributed by atoms with Crippen molar-refractivity contribution in [3.05, 3.63) is 24.3 Å². The van der Waals surface area contributed by atoms with E-state index in [1.807, 2.05) is 0 Å². The third kappa shape index (κ3) is 25.6. The molecule has 0 fully saturated rings. The Kier molecular flexibility index (Phi) is 27.7. The van der Waals surface area contributed by atoms with Gasteiger partial charge in [0, 0.05) is 6.42 Å². The molecule has 3 unspecified atom stereocenters. The predicted molar refractivity (Wildman–Crippen MR) is 174 cm³/mol. The molecule has 0 saturated heterocycles. The summed E-state index contributed by atoms with van der Waals surface area (Å²) in [6, 6.07) is 0. The van der Waals surface area contributed by atoms with Gasteiger partial charge in [0.1, 0.15) is 6.10 Å². The van der Waals surface area contributed by atoms with Crippen LogP contribution in [0.25, 0.3) is 0 Å². The van der Waals surface area contributed by atoms with Crippen LogP contribution < -0.4 is 0 Å². The van der Waals surface area contributed by atoms with E-state index in [1.165, 1.54) is 103 Å². The van der Waals surface area contributed by atoms with Gasteiger partial charge in [-0.3, -0.25) is 4.79 Å². The third-order valence-corrected chi connectivity index (χ3v) is 8.14. The first-order valence-corrected chi connectivity index (χ1v) is 17.4. The van der Waals surface area contributed by atoms with Gasteiger partial charge in [-0.2, -0.15) is 0 Å². The summed E-state index contributed by atoms with van der Waals surface area (Å²) in [6.07, 6.45) is 35.7. The summed E-state index contributed by atoms with van der Waals surface area (Å²) in [5.41, 5.74) is 0. The van der Waals surface area contributed by atoms with Crippen molar-refractivity contribution < 1.29 is 9.53 Å². The number of esters is 1. The van der Waals surface area contributed by atoms with Crippen molar-refractivity contribution in [3.63, 3.8) is 0 Å². The van der Waals surface area contributed by atoms with Crippen molar-refractivity contribution >= 4 is 5.97 Å². The summed E-state index contributed by atoms with van der Waals surface area (Å²) in [5.74, 6) is 2.01. The van der Waals surface area contributed by atoms with Crippen LogP contribution in [-0.4, -0.2) is 12.1 Å². The summed E-state index contributed by atoms with van der Waals surface area (Å²) in [7, 11) is 0. The number of rotatable bonds is 28. The molecular formula is C37H70O2. The van der Waals surface area contributed by atoms with E-state index in [-0.39, 0.29) is 12.1 Å². The third-order valence-electron chi connectivity index (χ3n) is 8.14. The van der Waals surface area contributed by atoms with Gasteiger partial charge in [0.15, 0.2) is 0 Å². The molecule has 0 rings (SSSR count). The van der Waals surface area contributed by atoms with E-state index in [0.717, 1.165) is 38.0 Å². The quantitative estimate of drug-likeness (QED) is 0.0554.